The van der Waals surface area contributed by atoms with Crippen molar-refractivity contribution < 1.29 is 19.4 Å². The van der Waals surface area contributed by atoms with Gasteiger partial charge in [0.15, 0.2) is 11.9 Å². The third kappa shape index (κ3) is 5.28. The number of aromatic nitrogens is 3. The fourth-order valence-corrected chi connectivity index (χ4v) is 4.92. The van der Waals surface area contributed by atoms with Crippen molar-refractivity contribution >= 4 is 34.9 Å². The zero-order valence-corrected chi connectivity index (χ0v) is 23.0. The lowest BCUT2D eigenvalue weighted by Gasteiger charge is -2.25. The van der Waals surface area contributed by atoms with E-state index in [-0.39, 0.29) is 11.7 Å². The zero-order chi connectivity index (χ0) is 27.9. The van der Waals surface area contributed by atoms with Crippen LogP contribution in [0.25, 0.3) is 33.6 Å². The Morgan fingerprint density at radius 1 is 1.03 bits per heavy atom. The van der Waals surface area contributed by atoms with Gasteiger partial charge in [0.1, 0.15) is 12.6 Å². The molecule has 5 rings (SSSR count). The molecule has 3 N–H and O–H groups in total. The monoisotopic (exact) mass is 564 g/mol. The van der Waals surface area contributed by atoms with Gasteiger partial charge in [-0.1, -0.05) is 68.2 Å². The van der Waals surface area contributed by atoms with Crippen LogP contribution in [-0.2, 0) is 9.59 Å². The number of aliphatic hydroxyl groups is 1. The third-order valence-electron chi connectivity index (χ3n) is 6.53. The van der Waals surface area contributed by atoms with Crippen molar-refractivity contribution in [2.75, 3.05) is 6.61 Å². The second-order valence-corrected chi connectivity index (χ2v) is 11.1. The molecule has 1 aliphatic rings. The largest absolute Gasteiger partial charge is 0.463 e. The summed E-state index contributed by atoms with van der Waals surface area (Å²) in [7, 11) is 0. The molecule has 0 aliphatic carbocycles. The number of amides is 1. The maximum atomic E-state index is 13.4. The fourth-order valence-electron chi connectivity index (χ4n) is 4.53. The summed E-state index contributed by atoms with van der Waals surface area (Å²) in [5, 5.41) is 20.2. The molecule has 1 amide bonds. The number of carbonyl (C=O) groups is 2. The SMILES string of the molecule is CC(C)(C)C(=O)C1Oc2nc(-c3ccc(-c4cc[nH]n4)cc3Cl)c(-c3ccc(Cl)cc3)cc2C1NC(=O)CO. The normalized spacial score (nSPS) is 16.5. The van der Waals surface area contributed by atoms with Gasteiger partial charge in [-0.05, 0) is 35.9 Å². The number of aromatic amines is 1. The van der Waals surface area contributed by atoms with E-state index in [2.05, 4.69) is 15.5 Å². The number of pyridine rings is 1. The van der Waals surface area contributed by atoms with Crippen LogP contribution in [0.1, 0.15) is 32.4 Å². The van der Waals surface area contributed by atoms with Crippen molar-refractivity contribution in [3.8, 4) is 39.5 Å². The van der Waals surface area contributed by atoms with E-state index in [1.807, 2.05) is 42.5 Å². The van der Waals surface area contributed by atoms with E-state index >= 15 is 0 Å². The van der Waals surface area contributed by atoms with Crippen LogP contribution in [0, 0.1) is 5.41 Å². The Kier molecular flexibility index (Phi) is 7.20. The first-order valence-electron chi connectivity index (χ1n) is 12.3. The summed E-state index contributed by atoms with van der Waals surface area (Å²) in [6.45, 7) is 4.62. The van der Waals surface area contributed by atoms with Gasteiger partial charge in [-0.2, -0.15) is 5.10 Å². The van der Waals surface area contributed by atoms with E-state index in [9.17, 15) is 14.7 Å². The number of hydrogen-bond acceptors (Lipinski definition) is 6. The first kappa shape index (κ1) is 26.9. The number of rotatable bonds is 6. The van der Waals surface area contributed by atoms with Crippen molar-refractivity contribution in [2.24, 2.45) is 5.41 Å². The second kappa shape index (κ2) is 10.4. The molecule has 10 heteroatoms. The molecule has 4 aromatic rings. The van der Waals surface area contributed by atoms with Gasteiger partial charge in [0.2, 0.25) is 11.8 Å². The fraction of sp³-hybridized carbons (Fsp3) is 0.241. The van der Waals surface area contributed by atoms with E-state index < -0.39 is 30.1 Å². The van der Waals surface area contributed by atoms with Crippen LogP contribution in [0.5, 0.6) is 5.88 Å². The number of benzene rings is 2. The Bertz CT molecular complexity index is 1550. The van der Waals surface area contributed by atoms with Crippen LogP contribution in [-0.4, -0.2) is 44.7 Å². The van der Waals surface area contributed by atoms with E-state index in [4.69, 9.17) is 32.9 Å². The summed E-state index contributed by atoms with van der Waals surface area (Å²) in [4.78, 5) is 30.5. The smallest absolute Gasteiger partial charge is 0.246 e. The first-order valence-corrected chi connectivity index (χ1v) is 13.0. The average molecular weight is 565 g/mol. The van der Waals surface area contributed by atoms with E-state index in [0.29, 0.717) is 32.4 Å². The summed E-state index contributed by atoms with van der Waals surface area (Å²) in [5.41, 5.74) is 4.04. The number of H-pyrrole nitrogens is 1. The zero-order valence-electron chi connectivity index (χ0n) is 21.5. The molecular weight excluding hydrogens is 539 g/mol. The Morgan fingerprint density at radius 2 is 1.74 bits per heavy atom. The van der Waals surface area contributed by atoms with Crippen LogP contribution in [0.2, 0.25) is 10.0 Å². The highest BCUT2D eigenvalue weighted by molar-refractivity contribution is 6.33. The van der Waals surface area contributed by atoms with Gasteiger partial charge in [0.25, 0.3) is 0 Å². The standard InChI is InChI=1S/C29H26Cl2N4O4/c1-29(2,3)27(38)26-25(33-23(37)14-36)20-13-19(15-4-7-17(30)8-5-15)24(34-28(20)39-26)18-9-6-16(12-21(18)31)22-10-11-32-35-22/h4-13,25-26,36H,14H2,1-3H3,(H,32,35)(H,33,37). The molecule has 2 atom stereocenters. The lowest BCUT2D eigenvalue weighted by Crippen LogP contribution is -2.44. The number of fused-ring (bicyclic) bond motifs is 1. The molecule has 0 bridgehead atoms. The van der Waals surface area contributed by atoms with Crippen LogP contribution in [0.3, 0.4) is 0 Å². The van der Waals surface area contributed by atoms with Crippen molar-refractivity contribution in [2.45, 2.75) is 32.9 Å². The van der Waals surface area contributed by atoms with Crippen LogP contribution >= 0.6 is 23.2 Å². The van der Waals surface area contributed by atoms with E-state index in [1.165, 1.54) is 0 Å². The number of aliphatic hydroxyl groups excluding tert-OH is 1. The Labute approximate surface area is 235 Å². The van der Waals surface area contributed by atoms with Gasteiger partial charge in [-0.15, -0.1) is 0 Å². The molecule has 0 radical (unpaired) electrons. The van der Waals surface area contributed by atoms with Gasteiger partial charge in [0.05, 0.1) is 16.4 Å². The topological polar surface area (TPSA) is 117 Å². The van der Waals surface area contributed by atoms with Gasteiger partial charge in [-0.25, -0.2) is 4.98 Å². The molecule has 0 saturated heterocycles. The maximum absolute atomic E-state index is 13.4. The number of Topliss-reactive ketones (excluding diaryl/α,β-unsaturated/α-hetero) is 1. The highest BCUT2D eigenvalue weighted by Gasteiger charge is 2.45. The minimum atomic E-state index is -1.02. The quantitative estimate of drug-likeness (QED) is 0.279. The number of halogens is 2. The van der Waals surface area contributed by atoms with Gasteiger partial charge in [0, 0.05) is 38.9 Å². The molecule has 8 nitrogen and oxygen atoms in total. The number of nitrogens with one attached hydrogen (secondary N) is 2. The molecule has 3 heterocycles. The number of nitrogens with zero attached hydrogens (tertiary/aromatic N) is 2. The highest BCUT2D eigenvalue weighted by Crippen LogP contribution is 2.45. The molecule has 2 unspecified atom stereocenters. The van der Waals surface area contributed by atoms with E-state index in [1.54, 1.807) is 39.1 Å². The molecule has 39 heavy (non-hydrogen) atoms. The minimum Gasteiger partial charge on any atom is -0.463 e. The summed E-state index contributed by atoms with van der Waals surface area (Å²) in [6.07, 6.45) is 0.713. The molecule has 2 aromatic heterocycles. The maximum Gasteiger partial charge on any atom is 0.246 e. The minimum absolute atomic E-state index is 0.209. The summed E-state index contributed by atoms with van der Waals surface area (Å²) >= 11 is 13.0. The third-order valence-corrected chi connectivity index (χ3v) is 7.09. The lowest BCUT2D eigenvalue weighted by molar-refractivity contribution is -0.135. The summed E-state index contributed by atoms with van der Waals surface area (Å²) in [6, 6.07) is 15.7. The van der Waals surface area contributed by atoms with Crippen molar-refractivity contribution in [1.82, 2.24) is 20.5 Å². The predicted octanol–water partition coefficient (Wildman–Crippen LogP) is 5.64. The van der Waals surface area contributed by atoms with Gasteiger partial charge < -0.3 is 15.2 Å². The number of carbonyl (C=O) groups excluding carboxylic acids is 2. The van der Waals surface area contributed by atoms with Crippen molar-refractivity contribution in [3.05, 3.63) is 76.4 Å². The molecule has 0 saturated carbocycles. The van der Waals surface area contributed by atoms with Crippen molar-refractivity contribution in [1.29, 1.82) is 0 Å². The molecule has 200 valence electrons. The molecule has 1 aliphatic heterocycles. The van der Waals surface area contributed by atoms with E-state index in [0.717, 1.165) is 16.8 Å². The second-order valence-electron chi connectivity index (χ2n) is 10.3. The Balaban J connectivity index is 1.69. The van der Waals surface area contributed by atoms with Crippen LogP contribution < -0.4 is 10.1 Å². The van der Waals surface area contributed by atoms with Gasteiger partial charge >= 0.3 is 0 Å². The van der Waals surface area contributed by atoms with Crippen LogP contribution in [0.15, 0.2) is 60.8 Å². The molecule has 0 fully saturated rings. The molecule has 2 aromatic carbocycles. The Hall–Kier alpha value is -3.72. The number of hydrogen-bond donors (Lipinski definition) is 3. The van der Waals surface area contributed by atoms with Crippen LogP contribution in [0.4, 0.5) is 0 Å². The summed E-state index contributed by atoms with van der Waals surface area (Å²) in [5.74, 6) is -0.627. The summed E-state index contributed by atoms with van der Waals surface area (Å²) < 4.78 is 6.11. The lowest BCUT2D eigenvalue weighted by atomic mass is 9.84. The average Bonchev–Trinajstić information content (AvgIpc) is 3.56. The van der Waals surface area contributed by atoms with Crippen molar-refractivity contribution in [3.63, 3.8) is 0 Å². The first-order chi connectivity index (χ1) is 18.6. The number of ketones is 1. The predicted molar refractivity (Wildman–Crippen MR) is 150 cm³/mol. The Morgan fingerprint density at radius 3 is 2.36 bits per heavy atom. The molecule has 0 spiro atoms. The highest BCUT2D eigenvalue weighted by atomic mass is 35.5. The number of ether oxygens (including phenoxy) is 1. The van der Waals surface area contributed by atoms with Gasteiger partial charge in [-0.3, -0.25) is 14.7 Å². The molecular formula is C29H26Cl2N4O4.